The van der Waals surface area contributed by atoms with Crippen LogP contribution in [0.1, 0.15) is 19.0 Å². The Hall–Kier alpha value is -1.20. The smallest absolute Gasteiger partial charge is 0.151 e. The van der Waals surface area contributed by atoms with Crippen LogP contribution < -0.4 is 10.2 Å². The monoisotopic (exact) mass is 251 g/mol. The molecule has 0 bridgehead atoms. The Morgan fingerprint density at radius 2 is 1.89 bits per heavy atom. The van der Waals surface area contributed by atoms with E-state index >= 15 is 0 Å². The van der Waals surface area contributed by atoms with Crippen molar-refractivity contribution in [3.8, 4) is 0 Å². The lowest BCUT2D eigenvalue weighted by atomic mass is 10.3. The summed E-state index contributed by atoms with van der Waals surface area (Å²) >= 11 is 0. The molecule has 0 saturated heterocycles. The molecule has 5 nitrogen and oxygen atoms in total. The van der Waals surface area contributed by atoms with Crippen LogP contribution in [-0.4, -0.2) is 55.9 Å². The minimum Gasteiger partial charge on any atom is -0.357 e. The number of anilines is 1. The van der Waals surface area contributed by atoms with E-state index in [9.17, 15) is 0 Å². The van der Waals surface area contributed by atoms with E-state index in [2.05, 4.69) is 46.3 Å². The maximum atomic E-state index is 4.25. The molecule has 1 aromatic rings. The van der Waals surface area contributed by atoms with Crippen LogP contribution in [0.25, 0.3) is 0 Å². The van der Waals surface area contributed by atoms with Gasteiger partial charge in [-0.25, -0.2) is 0 Å². The van der Waals surface area contributed by atoms with Crippen molar-refractivity contribution >= 4 is 5.82 Å². The molecule has 18 heavy (non-hydrogen) atoms. The fourth-order valence-corrected chi connectivity index (χ4v) is 1.51. The molecule has 0 aromatic carbocycles. The number of aromatic nitrogens is 2. The molecule has 0 aliphatic carbocycles. The molecular formula is C13H25N5. The predicted octanol–water partition coefficient (Wildman–Crippen LogP) is 0.974. The second kappa shape index (κ2) is 8.00. The van der Waals surface area contributed by atoms with Gasteiger partial charge in [-0.1, -0.05) is 6.92 Å². The highest BCUT2D eigenvalue weighted by atomic mass is 15.3. The zero-order chi connectivity index (χ0) is 13.4. The fraction of sp³-hybridized carbons (Fsp3) is 0.692. The van der Waals surface area contributed by atoms with E-state index < -0.39 is 0 Å². The van der Waals surface area contributed by atoms with E-state index in [0.717, 1.165) is 44.1 Å². The molecule has 0 fully saturated rings. The van der Waals surface area contributed by atoms with Gasteiger partial charge < -0.3 is 15.1 Å². The number of hydrogen-bond donors (Lipinski definition) is 1. The summed E-state index contributed by atoms with van der Waals surface area (Å²) in [5.74, 6) is 0.927. The third-order valence-corrected chi connectivity index (χ3v) is 2.71. The quantitative estimate of drug-likeness (QED) is 0.698. The van der Waals surface area contributed by atoms with Crippen LogP contribution >= 0.6 is 0 Å². The fourth-order valence-electron chi connectivity index (χ4n) is 1.51. The molecule has 0 radical (unpaired) electrons. The molecule has 1 N–H and O–H groups in total. The van der Waals surface area contributed by atoms with Crippen molar-refractivity contribution in [2.45, 2.75) is 19.9 Å². The first-order valence-corrected chi connectivity index (χ1v) is 6.52. The molecule has 102 valence electrons. The molecule has 0 aliphatic heterocycles. The average molecular weight is 251 g/mol. The summed E-state index contributed by atoms with van der Waals surface area (Å²) in [7, 11) is 6.19. The molecule has 1 heterocycles. The molecule has 5 heteroatoms. The third kappa shape index (κ3) is 5.42. The minimum absolute atomic E-state index is 0.794. The van der Waals surface area contributed by atoms with Gasteiger partial charge in [0.15, 0.2) is 5.82 Å². The van der Waals surface area contributed by atoms with Crippen molar-refractivity contribution in [3.05, 3.63) is 17.8 Å². The number of rotatable bonds is 8. The van der Waals surface area contributed by atoms with Crippen molar-refractivity contribution < 1.29 is 0 Å². The summed E-state index contributed by atoms with van der Waals surface area (Å²) < 4.78 is 0. The first kappa shape index (κ1) is 14.9. The highest BCUT2D eigenvalue weighted by Crippen LogP contribution is 2.06. The van der Waals surface area contributed by atoms with Gasteiger partial charge in [0, 0.05) is 26.7 Å². The first-order valence-electron chi connectivity index (χ1n) is 6.52. The molecule has 0 unspecified atom stereocenters. The van der Waals surface area contributed by atoms with Gasteiger partial charge in [-0.2, -0.15) is 5.10 Å². The van der Waals surface area contributed by atoms with Crippen molar-refractivity contribution in [1.82, 2.24) is 20.4 Å². The maximum Gasteiger partial charge on any atom is 0.151 e. The van der Waals surface area contributed by atoms with E-state index in [0.29, 0.717) is 0 Å². The Kier molecular flexibility index (Phi) is 6.60. The van der Waals surface area contributed by atoms with Gasteiger partial charge in [-0.3, -0.25) is 0 Å². The van der Waals surface area contributed by atoms with E-state index in [1.807, 2.05) is 19.2 Å². The lowest BCUT2D eigenvalue weighted by Crippen LogP contribution is -2.29. The molecule has 1 aromatic heterocycles. The van der Waals surface area contributed by atoms with Crippen molar-refractivity contribution in [3.63, 3.8) is 0 Å². The average Bonchev–Trinajstić information content (AvgIpc) is 2.37. The summed E-state index contributed by atoms with van der Waals surface area (Å²) in [6.45, 7) is 5.93. The molecule has 0 saturated carbocycles. The topological polar surface area (TPSA) is 44.3 Å². The van der Waals surface area contributed by atoms with Crippen LogP contribution in [0.4, 0.5) is 5.82 Å². The first-order chi connectivity index (χ1) is 8.63. The summed E-state index contributed by atoms with van der Waals surface area (Å²) in [6.07, 6.45) is 1.14. The molecular weight excluding hydrogens is 226 g/mol. The Labute approximate surface area is 110 Å². The molecule has 0 aliphatic rings. The van der Waals surface area contributed by atoms with Gasteiger partial charge in [0.1, 0.15) is 0 Å². The van der Waals surface area contributed by atoms with Crippen LogP contribution in [0.2, 0.25) is 0 Å². The zero-order valence-electron chi connectivity index (χ0n) is 12.0. The Balaban J connectivity index is 2.43. The molecule has 0 spiro atoms. The van der Waals surface area contributed by atoms with Gasteiger partial charge in [0.05, 0.1) is 5.69 Å². The summed E-state index contributed by atoms with van der Waals surface area (Å²) in [4.78, 5) is 4.28. The summed E-state index contributed by atoms with van der Waals surface area (Å²) in [5, 5.41) is 11.8. The Morgan fingerprint density at radius 3 is 2.44 bits per heavy atom. The lowest BCUT2D eigenvalue weighted by Gasteiger charge is -2.20. The van der Waals surface area contributed by atoms with Crippen molar-refractivity contribution in [2.24, 2.45) is 0 Å². The Bertz CT molecular complexity index is 323. The number of hydrogen-bond acceptors (Lipinski definition) is 5. The van der Waals surface area contributed by atoms with E-state index in [4.69, 9.17) is 0 Å². The normalized spacial score (nSPS) is 10.9. The van der Waals surface area contributed by atoms with Crippen LogP contribution in [0, 0.1) is 0 Å². The Morgan fingerprint density at radius 1 is 1.11 bits per heavy atom. The van der Waals surface area contributed by atoms with E-state index in [-0.39, 0.29) is 0 Å². The van der Waals surface area contributed by atoms with Gasteiger partial charge >= 0.3 is 0 Å². The highest BCUT2D eigenvalue weighted by Gasteiger charge is 2.03. The van der Waals surface area contributed by atoms with Gasteiger partial charge in [0.25, 0.3) is 0 Å². The second-order valence-corrected chi connectivity index (χ2v) is 4.78. The van der Waals surface area contributed by atoms with Gasteiger partial charge in [-0.15, -0.1) is 5.10 Å². The SMILES string of the molecule is CCCNCc1ccc(N(C)CCN(C)C)nn1. The highest BCUT2D eigenvalue weighted by molar-refractivity contribution is 5.35. The van der Waals surface area contributed by atoms with Crippen molar-refractivity contribution in [2.75, 3.05) is 45.7 Å². The van der Waals surface area contributed by atoms with Crippen LogP contribution in [0.15, 0.2) is 12.1 Å². The van der Waals surface area contributed by atoms with E-state index in [1.54, 1.807) is 0 Å². The summed E-state index contributed by atoms with van der Waals surface area (Å²) in [5.41, 5.74) is 0.994. The molecule has 1 rings (SSSR count). The minimum atomic E-state index is 0.794. The predicted molar refractivity (Wildman–Crippen MR) is 75.9 cm³/mol. The van der Waals surface area contributed by atoms with Crippen LogP contribution in [0.3, 0.4) is 0 Å². The summed E-state index contributed by atoms with van der Waals surface area (Å²) in [6, 6.07) is 4.07. The number of nitrogens with zero attached hydrogens (tertiary/aromatic N) is 4. The number of nitrogens with one attached hydrogen (secondary N) is 1. The van der Waals surface area contributed by atoms with E-state index in [1.165, 1.54) is 0 Å². The van der Waals surface area contributed by atoms with Crippen LogP contribution in [-0.2, 0) is 6.54 Å². The maximum absolute atomic E-state index is 4.25. The van der Waals surface area contributed by atoms with Gasteiger partial charge in [0.2, 0.25) is 0 Å². The standard InChI is InChI=1S/C13H25N5/c1-5-8-14-11-12-6-7-13(16-15-12)18(4)10-9-17(2)3/h6-7,14H,5,8-11H2,1-4H3. The van der Waals surface area contributed by atoms with Crippen LogP contribution in [0.5, 0.6) is 0 Å². The largest absolute Gasteiger partial charge is 0.357 e. The third-order valence-electron chi connectivity index (χ3n) is 2.71. The molecule has 0 amide bonds. The van der Waals surface area contributed by atoms with Crippen molar-refractivity contribution in [1.29, 1.82) is 0 Å². The lowest BCUT2D eigenvalue weighted by molar-refractivity contribution is 0.416. The zero-order valence-corrected chi connectivity index (χ0v) is 12.0. The van der Waals surface area contributed by atoms with Gasteiger partial charge in [-0.05, 0) is 39.2 Å². The second-order valence-electron chi connectivity index (χ2n) is 4.78. The molecule has 0 atom stereocenters. The number of likely N-dealkylation sites (N-methyl/N-ethyl adjacent to an activating group) is 2.